The highest BCUT2D eigenvalue weighted by atomic mass is 32.1. The van der Waals surface area contributed by atoms with Crippen LogP contribution >= 0.6 is 11.3 Å². The Kier molecular flexibility index (Phi) is 6.99. The monoisotopic (exact) mass is 390 g/mol. The molecule has 2 aromatic rings. The minimum absolute atomic E-state index is 0.0702. The summed E-state index contributed by atoms with van der Waals surface area (Å²) in [6.07, 6.45) is 1.98. The number of amides is 1. The molecule has 2 atom stereocenters. The van der Waals surface area contributed by atoms with Crippen LogP contribution in [-0.2, 0) is 16.0 Å². The Labute approximate surface area is 164 Å². The number of para-hydroxylation sites is 1. The number of carbonyl (C=O) groups excluding carboxylic acids is 1. The highest BCUT2D eigenvalue weighted by molar-refractivity contribution is 7.09. The van der Waals surface area contributed by atoms with Gasteiger partial charge in [0.05, 0.1) is 17.8 Å². The molecule has 0 N–H and O–H groups in total. The molecule has 0 radical (unpaired) electrons. The summed E-state index contributed by atoms with van der Waals surface area (Å²) < 4.78 is 20.2. The predicted molar refractivity (Wildman–Crippen MR) is 108 cm³/mol. The van der Waals surface area contributed by atoms with Crippen LogP contribution in [0.1, 0.15) is 24.6 Å². The van der Waals surface area contributed by atoms with E-state index < -0.39 is 0 Å². The highest BCUT2D eigenvalue weighted by Gasteiger charge is 2.37. The van der Waals surface area contributed by atoms with Crippen molar-refractivity contribution in [2.24, 2.45) is 0 Å². The molecule has 6 heteroatoms. The Hall–Kier alpha value is -1.76. The average Bonchev–Trinajstić information content (AvgIpc) is 3.22. The van der Waals surface area contributed by atoms with E-state index in [0.29, 0.717) is 12.1 Å². The molecule has 0 spiro atoms. The van der Waals surface area contributed by atoms with Crippen LogP contribution < -0.4 is 4.90 Å². The molecule has 4 nitrogen and oxygen atoms in total. The topological polar surface area (TPSA) is 32.8 Å². The number of halogens is 1. The number of likely N-dealkylation sites (tertiary alicyclic amines) is 1. The van der Waals surface area contributed by atoms with E-state index in [1.165, 1.54) is 10.9 Å². The van der Waals surface area contributed by atoms with Crippen LogP contribution in [0.4, 0.5) is 10.1 Å². The van der Waals surface area contributed by atoms with E-state index in [1.807, 2.05) is 6.92 Å². The standard InChI is InChI=1S/C21H27FN2O2S/c1-3-21(25)24(18-9-5-4-8-17(18)22)19-11-13-23(15-20(19)26-2)12-10-16-7-6-14-27-16/h4-9,14,19-20H,3,10-13,15H2,1-2H3/t19-,20+/m1/s1. The van der Waals surface area contributed by atoms with E-state index in [2.05, 4.69) is 22.4 Å². The molecule has 1 saturated heterocycles. The molecule has 2 heterocycles. The summed E-state index contributed by atoms with van der Waals surface area (Å²) >= 11 is 1.78. The van der Waals surface area contributed by atoms with Gasteiger partial charge in [0.1, 0.15) is 5.82 Å². The smallest absolute Gasteiger partial charge is 0.227 e. The van der Waals surface area contributed by atoms with Crippen molar-refractivity contribution in [2.45, 2.75) is 38.3 Å². The second kappa shape index (κ2) is 9.44. The van der Waals surface area contributed by atoms with E-state index in [-0.39, 0.29) is 23.9 Å². The molecule has 1 aliphatic rings. The molecule has 3 rings (SSSR count). The number of hydrogen-bond acceptors (Lipinski definition) is 4. The van der Waals surface area contributed by atoms with Crippen LogP contribution in [0.5, 0.6) is 0 Å². The quantitative estimate of drug-likeness (QED) is 0.717. The maximum Gasteiger partial charge on any atom is 0.227 e. The van der Waals surface area contributed by atoms with Crippen molar-refractivity contribution < 1.29 is 13.9 Å². The van der Waals surface area contributed by atoms with Crippen molar-refractivity contribution in [2.75, 3.05) is 31.6 Å². The van der Waals surface area contributed by atoms with Gasteiger partial charge in [-0.2, -0.15) is 0 Å². The van der Waals surface area contributed by atoms with Gasteiger partial charge >= 0.3 is 0 Å². The van der Waals surface area contributed by atoms with Crippen molar-refractivity contribution >= 4 is 22.9 Å². The summed E-state index contributed by atoms with van der Waals surface area (Å²) in [7, 11) is 1.68. The third-order valence-corrected chi connectivity index (χ3v) is 6.12. The largest absolute Gasteiger partial charge is 0.378 e. The zero-order valence-electron chi connectivity index (χ0n) is 15.9. The summed E-state index contributed by atoms with van der Waals surface area (Å²) in [5, 5.41) is 2.10. The lowest BCUT2D eigenvalue weighted by molar-refractivity contribution is -0.120. The summed E-state index contributed by atoms with van der Waals surface area (Å²) in [6.45, 7) is 4.40. The van der Waals surface area contributed by atoms with Crippen LogP contribution in [-0.4, -0.2) is 49.7 Å². The van der Waals surface area contributed by atoms with E-state index >= 15 is 0 Å². The summed E-state index contributed by atoms with van der Waals surface area (Å²) in [5.74, 6) is -0.437. The first-order valence-electron chi connectivity index (χ1n) is 9.48. The minimum Gasteiger partial charge on any atom is -0.378 e. The van der Waals surface area contributed by atoms with Crippen molar-refractivity contribution in [1.82, 2.24) is 4.90 Å². The fraction of sp³-hybridized carbons (Fsp3) is 0.476. The predicted octanol–water partition coefficient (Wildman–Crippen LogP) is 3.96. The molecule has 0 aliphatic carbocycles. The molecule has 1 amide bonds. The molecule has 0 saturated carbocycles. The van der Waals surface area contributed by atoms with E-state index in [9.17, 15) is 9.18 Å². The van der Waals surface area contributed by atoms with Crippen molar-refractivity contribution in [3.63, 3.8) is 0 Å². The van der Waals surface area contributed by atoms with E-state index in [1.54, 1.807) is 41.5 Å². The first kappa shape index (κ1) is 20.0. The fourth-order valence-corrected chi connectivity index (χ4v) is 4.43. The number of nitrogens with zero attached hydrogens (tertiary/aromatic N) is 2. The molecule has 1 fully saturated rings. The normalized spacial score (nSPS) is 20.6. The van der Waals surface area contributed by atoms with E-state index in [4.69, 9.17) is 4.74 Å². The molecule has 146 valence electrons. The van der Waals surface area contributed by atoms with Crippen molar-refractivity contribution in [3.05, 3.63) is 52.5 Å². The Morgan fingerprint density at radius 3 is 2.81 bits per heavy atom. The Balaban J connectivity index is 1.73. The third kappa shape index (κ3) is 4.75. The number of hydrogen-bond donors (Lipinski definition) is 0. The van der Waals surface area contributed by atoms with Crippen LogP contribution in [0.3, 0.4) is 0 Å². The lowest BCUT2D eigenvalue weighted by atomic mass is 9.98. The Bertz CT molecular complexity index is 738. The van der Waals surface area contributed by atoms with Gasteiger partial charge in [0, 0.05) is 38.0 Å². The Morgan fingerprint density at radius 1 is 1.33 bits per heavy atom. The molecular weight excluding hydrogens is 363 g/mol. The van der Waals surface area contributed by atoms with Gasteiger partial charge in [-0.15, -0.1) is 11.3 Å². The molecular formula is C21H27FN2O2S. The summed E-state index contributed by atoms with van der Waals surface area (Å²) in [6, 6.07) is 10.6. The van der Waals surface area contributed by atoms with Gasteiger partial charge in [-0.1, -0.05) is 25.1 Å². The number of benzene rings is 1. The molecule has 0 bridgehead atoms. The number of thiophene rings is 1. The lowest BCUT2D eigenvalue weighted by Crippen LogP contribution is -2.57. The second-order valence-corrected chi connectivity index (χ2v) is 7.86. The highest BCUT2D eigenvalue weighted by Crippen LogP contribution is 2.28. The zero-order valence-corrected chi connectivity index (χ0v) is 16.8. The van der Waals surface area contributed by atoms with Crippen LogP contribution in [0.2, 0.25) is 0 Å². The van der Waals surface area contributed by atoms with Gasteiger partial charge in [0.15, 0.2) is 0 Å². The first-order valence-corrected chi connectivity index (χ1v) is 10.4. The number of anilines is 1. The third-order valence-electron chi connectivity index (χ3n) is 5.18. The van der Waals surface area contributed by atoms with Gasteiger partial charge < -0.3 is 14.5 Å². The minimum atomic E-state index is -0.366. The van der Waals surface area contributed by atoms with Crippen molar-refractivity contribution in [3.8, 4) is 0 Å². The SMILES string of the molecule is CCC(=O)N(c1ccccc1F)[C@@H]1CCN(CCc2cccs2)C[C@@H]1OC. The maximum atomic E-state index is 14.4. The molecule has 27 heavy (non-hydrogen) atoms. The fourth-order valence-electron chi connectivity index (χ4n) is 3.74. The molecule has 1 aliphatic heterocycles. The number of piperidine rings is 1. The van der Waals surface area contributed by atoms with Crippen LogP contribution in [0.15, 0.2) is 41.8 Å². The van der Waals surface area contributed by atoms with Gasteiger partial charge in [0.25, 0.3) is 0 Å². The van der Waals surface area contributed by atoms with Gasteiger partial charge in [-0.05, 0) is 36.4 Å². The summed E-state index contributed by atoms with van der Waals surface area (Å²) in [5.41, 5.74) is 0.350. The average molecular weight is 391 g/mol. The second-order valence-electron chi connectivity index (χ2n) is 6.83. The number of carbonyl (C=O) groups is 1. The van der Waals surface area contributed by atoms with Crippen molar-refractivity contribution in [1.29, 1.82) is 0 Å². The first-order chi connectivity index (χ1) is 13.1. The molecule has 0 unspecified atom stereocenters. The van der Waals surface area contributed by atoms with Gasteiger partial charge in [0.2, 0.25) is 5.91 Å². The number of rotatable bonds is 7. The van der Waals surface area contributed by atoms with Gasteiger partial charge in [-0.3, -0.25) is 4.79 Å². The van der Waals surface area contributed by atoms with Crippen LogP contribution in [0, 0.1) is 5.82 Å². The maximum absolute atomic E-state index is 14.4. The lowest BCUT2D eigenvalue weighted by Gasteiger charge is -2.43. The summed E-state index contributed by atoms with van der Waals surface area (Å²) in [4.78, 5) is 18.1. The molecule has 1 aromatic carbocycles. The van der Waals surface area contributed by atoms with Gasteiger partial charge in [-0.25, -0.2) is 4.39 Å². The number of ether oxygens (including phenoxy) is 1. The van der Waals surface area contributed by atoms with Crippen LogP contribution in [0.25, 0.3) is 0 Å². The molecule has 1 aromatic heterocycles. The zero-order chi connectivity index (χ0) is 19.2. The Morgan fingerprint density at radius 2 is 2.15 bits per heavy atom. The van der Waals surface area contributed by atoms with E-state index in [0.717, 1.165) is 32.5 Å². The number of methoxy groups -OCH3 is 1.